The van der Waals surface area contributed by atoms with Gasteiger partial charge in [-0.05, 0) is 50.3 Å². The number of ether oxygens (including phenoxy) is 1. The number of rotatable bonds is 5. The Bertz CT molecular complexity index is 979. The van der Waals surface area contributed by atoms with Gasteiger partial charge in [-0.3, -0.25) is 4.90 Å². The van der Waals surface area contributed by atoms with E-state index in [0.717, 1.165) is 50.9 Å². The minimum atomic E-state index is 0.735. The van der Waals surface area contributed by atoms with Crippen LogP contribution < -0.4 is 9.64 Å². The zero-order valence-corrected chi connectivity index (χ0v) is 17.9. The molecule has 1 aliphatic carbocycles. The van der Waals surface area contributed by atoms with Gasteiger partial charge in [0, 0.05) is 37.6 Å². The summed E-state index contributed by atoms with van der Waals surface area (Å²) in [6, 6.07) is 10.1. The molecular formula is C23H28N4OS. The Labute approximate surface area is 176 Å². The highest BCUT2D eigenvalue weighted by Crippen LogP contribution is 2.39. The van der Waals surface area contributed by atoms with Crippen LogP contribution in [0.4, 0.5) is 5.82 Å². The van der Waals surface area contributed by atoms with E-state index in [-0.39, 0.29) is 0 Å². The average molecular weight is 409 g/mol. The minimum Gasteiger partial charge on any atom is -0.492 e. The maximum atomic E-state index is 5.87. The SMILES string of the molecule is Cc1nc(N2CCN(CCOc3ccccc3)CC2)c2c3c(sc2n1)CCCC3. The van der Waals surface area contributed by atoms with Gasteiger partial charge in [0.1, 0.15) is 28.8 Å². The highest BCUT2D eigenvalue weighted by molar-refractivity contribution is 7.19. The Kier molecular flexibility index (Phi) is 5.38. The van der Waals surface area contributed by atoms with Crippen LogP contribution in [0.25, 0.3) is 10.2 Å². The normalized spacial score (nSPS) is 17.5. The van der Waals surface area contributed by atoms with Gasteiger partial charge in [-0.25, -0.2) is 9.97 Å². The summed E-state index contributed by atoms with van der Waals surface area (Å²) in [7, 11) is 0. The van der Waals surface area contributed by atoms with Crippen molar-refractivity contribution in [2.75, 3.05) is 44.2 Å². The van der Waals surface area contributed by atoms with Crippen LogP contribution in [0, 0.1) is 6.92 Å². The van der Waals surface area contributed by atoms with Crippen LogP contribution >= 0.6 is 11.3 Å². The number of nitrogens with zero attached hydrogens (tertiary/aromatic N) is 4. The first-order valence-electron chi connectivity index (χ1n) is 10.7. The van der Waals surface area contributed by atoms with E-state index in [1.165, 1.54) is 47.3 Å². The molecule has 0 saturated carbocycles. The van der Waals surface area contributed by atoms with E-state index >= 15 is 0 Å². The maximum absolute atomic E-state index is 5.87. The van der Waals surface area contributed by atoms with Crippen molar-refractivity contribution in [3.63, 3.8) is 0 Å². The Morgan fingerprint density at radius 1 is 1.00 bits per heavy atom. The molecule has 29 heavy (non-hydrogen) atoms. The summed E-state index contributed by atoms with van der Waals surface area (Å²) in [5.41, 5.74) is 1.53. The fourth-order valence-electron chi connectivity index (χ4n) is 4.46. The molecule has 3 heterocycles. The van der Waals surface area contributed by atoms with E-state index in [4.69, 9.17) is 14.7 Å². The number of benzene rings is 1. The van der Waals surface area contributed by atoms with Gasteiger partial charge in [-0.15, -0.1) is 11.3 Å². The van der Waals surface area contributed by atoms with Crippen molar-refractivity contribution >= 4 is 27.4 Å². The fourth-order valence-corrected chi connectivity index (χ4v) is 5.76. The fraction of sp³-hybridized carbons (Fsp3) is 0.478. The van der Waals surface area contributed by atoms with Crippen molar-refractivity contribution in [1.82, 2.24) is 14.9 Å². The van der Waals surface area contributed by atoms with E-state index < -0.39 is 0 Å². The topological polar surface area (TPSA) is 41.5 Å². The summed E-state index contributed by atoms with van der Waals surface area (Å²) in [4.78, 5) is 17.4. The first kappa shape index (κ1) is 18.8. The third-order valence-corrected chi connectivity index (χ3v) is 7.18. The van der Waals surface area contributed by atoms with E-state index in [2.05, 4.69) is 9.80 Å². The Morgan fingerprint density at radius 2 is 1.79 bits per heavy atom. The zero-order valence-electron chi connectivity index (χ0n) is 17.1. The Balaban J connectivity index is 1.26. The van der Waals surface area contributed by atoms with E-state index in [1.807, 2.05) is 48.6 Å². The van der Waals surface area contributed by atoms with Crippen LogP contribution in [0.1, 0.15) is 29.1 Å². The van der Waals surface area contributed by atoms with Crippen LogP contribution in [0.3, 0.4) is 0 Å². The number of thiophene rings is 1. The Morgan fingerprint density at radius 3 is 2.62 bits per heavy atom. The molecular weight excluding hydrogens is 380 g/mol. The van der Waals surface area contributed by atoms with Gasteiger partial charge in [-0.2, -0.15) is 0 Å². The van der Waals surface area contributed by atoms with Gasteiger partial charge in [0.05, 0.1) is 5.39 Å². The number of para-hydroxylation sites is 1. The second-order valence-corrected chi connectivity index (χ2v) is 9.06. The number of hydrogen-bond donors (Lipinski definition) is 0. The number of aryl methyl sites for hydroxylation is 3. The molecule has 152 valence electrons. The molecule has 6 heteroatoms. The van der Waals surface area contributed by atoms with Crippen molar-refractivity contribution in [1.29, 1.82) is 0 Å². The predicted molar refractivity (Wildman–Crippen MR) is 119 cm³/mol. The first-order chi connectivity index (χ1) is 14.3. The summed E-state index contributed by atoms with van der Waals surface area (Å²) in [6.07, 6.45) is 5.00. The highest BCUT2D eigenvalue weighted by atomic mass is 32.1. The third kappa shape index (κ3) is 3.96. The first-order valence-corrected chi connectivity index (χ1v) is 11.5. The number of fused-ring (bicyclic) bond motifs is 3. The second kappa shape index (κ2) is 8.28. The van der Waals surface area contributed by atoms with Gasteiger partial charge in [0.15, 0.2) is 0 Å². The molecule has 0 amide bonds. The van der Waals surface area contributed by atoms with Gasteiger partial charge in [0.25, 0.3) is 0 Å². The molecule has 3 aromatic rings. The maximum Gasteiger partial charge on any atom is 0.141 e. The molecule has 0 N–H and O–H groups in total. The molecule has 1 fully saturated rings. The van der Waals surface area contributed by atoms with Crippen LogP contribution in [-0.4, -0.2) is 54.2 Å². The van der Waals surface area contributed by atoms with Gasteiger partial charge < -0.3 is 9.64 Å². The van der Waals surface area contributed by atoms with Crippen LogP contribution in [0.2, 0.25) is 0 Å². The molecule has 0 spiro atoms. The second-order valence-electron chi connectivity index (χ2n) is 7.98. The van der Waals surface area contributed by atoms with Crippen molar-refractivity contribution in [2.24, 2.45) is 0 Å². The molecule has 0 atom stereocenters. The quantitative estimate of drug-likeness (QED) is 0.636. The summed E-state index contributed by atoms with van der Waals surface area (Å²) < 4.78 is 5.87. The zero-order chi connectivity index (χ0) is 19.6. The van der Waals surface area contributed by atoms with E-state index in [1.54, 1.807) is 4.88 Å². The van der Waals surface area contributed by atoms with Gasteiger partial charge in [-0.1, -0.05) is 18.2 Å². The third-order valence-electron chi connectivity index (χ3n) is 6.00. The predicted octanol–water partition coefficient (Wildman–Crippen LogP) is 4.08. The van der Waals surface area contributed by atoms with Gasteiger partial charge in [0.2, 0.25) is 0 Å². The lowest BCUT2D eigenvalue weighted by Gasteiger charge is -2.35. The van der Waals surface area contributed by atoms with E-state index in [9.17, 15) is 0 Å². The summed E-state index contributed by atoms with van der Waals surface area (Å²) in [6.45, 7) is 7.86. The minimum absolute atomic E-state index is 0.735. The average Bonchev–Trinajstić information content (AvgIpc) is 3.12. The molecule has 1 aromatic carbocycles. The van der Waals surface area contributed by atoms with Crippen molar-refractivity contribution in [3.8, 4) is 5.75 Å². The van der Waals surface area contributed by atoms with Crippen molar-refractivity contribution in [2.45, 2.75) is 32.6 Å². The number of anilines is 1. The van der Waals surface area contributed by atoms with Crippen LogP contribution in [0.5, 0.6) is 5.75 Å². The van der Waals surface area contributed by atoms with Gasteiger partial charge >= 0.3 is 0 Å². The summed E-state index contributed by atoms with van der Waals surface area (Å²) >= 11 is 1.90. The number of hydrogen-bond acceptors (Lipinski definition) is 6. The lowest BCUT2D eigenvalue weighted by molar-refractivity contribution is 0.200. The van der Waals surface area contributed by atoms with Crippen molar-refractivity contribution < 1.29 is 4.74 Å². The molecule has 0 bridgehead atoms. The molecule has 5 nitrogen and oxygen atoms in total. The monoisotopic (exact) mass is 408 g/mol. The van der Waals surface area contributed by atoms with E-state index in [0.29, 0.717) is 0 Å². The van der Waals surface area contributed by atoms with Crippen LogP contribution in [0.15, 0.2) is 30.3 Å². The smallest absolute Gasteiger partial charge is 0.141 e. The molecule has 1 aliphatic heterocycles. The van der Waals surface area contributed by atoms with Crippen molar-refractivity contribution in [3.05, 3.63) is 46.6 Å². The lowest BCUT2D eigenvalue weighted by atomic mass is 9.97. The molecule has 2 aliphatic rings. The highest BCUT2D eigenvalue weighted by Gasteiger charge is 2.25. The largest absolute Gasteiger partial charge is 0.492 e. The lowest BCUT2D eigenvalue weighted by Crippen LogP contribution is -2.48. The standard InChI is InChI=1S/C23H28N4OS/c1-17-24-22(21-19-9-5-6-10-20(19)29-23(21)25-17)27-13-11-26(12-14-27)15-16-28-18-7-3-2-4-8-18/h2-4,7-8H,5-6,9-16H2,1H3. The molecule has 1 saturated heterocycles. The number of piperazine rings is 1. The summed E-state index contributed by atoms with van der Waals surface area (Å²) in [5.74, 6) is 3.02. The number of aromatic nitrogens is 2. The van der Waals surface area contributed by atoms with Crippen LogP contribution in [-0.2, 0) is 12.8 Å². The Hall–Kier alpha value is -2.18. The molecule has 0 unspecified atom stereocenters. The molecule has 5 rings (SSSR count). The summed E-state index contributed by atoms with van der Waals surface area (Å²) in [5, 5.41) is 1.34. The molecule has 2 aromatic heterocycles. The molecule has 0 radical (unpaired) electrons.